The van der Waals surface area contributed by atoms with Crippen LogP contribution in [0.2, 0.25) is 0 Å². The molecular formula is C6H2F8. The van der Waals surface area contributed by atoms with Crippen LogP contribution >= 0.6 is 0 Å². The Balaban J connectivity index is 4.73. The third-order valence-electron chi connectivity index (χ3n) is 0.918. The molecule has 0 unspecified atom stereocenters. The third kappa shape index (κ3) is 4.24. The summed E-state index contributed by atoms with van der Waals surface area (Å²) < 4.78 is 91.6. The van der Waals surface area contributed by atoms with Crippen molar-refractivity contribution >= 4 is 0 Å². The van der Waals surface area contributed by atoms with E-state index in [-0.39, 0.29) is 0 Å². The Morgan fingerprint density at radius 3 is 1.00 bits per heavy atom. The molecule has 0 aliphatic carbocycles. The average molecular weight is 226 g/mol. The molecule has 0 fully saturated rings. The second-order valence-corrected chi connectivity index (χ2v) is 2.02. The van der Waals surface area contributed by atoms with Gasteiger partial charge in [-0.3, -0.25) is 0 Å². The molecule has 0 amide bonds. The fourth-order valence-corrected chi connectivity index (χ4v) is 0.335. The van der Waals surface area contributed by atoms with Crippen molar-refractivity contribution in [3.8, 4) is 0 Å². The van der Waals surface area contributed by atoms with Crippen molar-refractivity contribution in [1.82, 2.24) is 0 Å². The van der Waals surface area contributed by atoms with Crippen molar-refractivity contribution in [3.05, 3.63) is 23.8 Å². The summed E-state index contributed by atoms with van der Waals surface area (Å²) in [5.41, 5.74) is 0. The molecule has 0 rings (SSSR count). The van der Waals surface area contributed by atoms with Gasteiger partial charge in [-0.25, -0.2) is 8.78 Å². The molecule has 0 aromatic carbocycles. The van der Waals surface area contributed by atoms with E-state index in [1.54, 1.807) is 0 Å². The summed E-state index contributed by atoms with van der Waals surface area (Å²) in [6.45, 7) is 0. The van der Waals surface area contributed by atoms with Crippen LogP contribution in [0.4, 0.5) is 35.1 Å². The van der Waals surface area contributed by atoms with Crippen LogP contribution in [0, 0.1) is 0 Å². The summed E-state index contributed by atoms with van der Waals surface area (Å²) in [5.74, 6) is -5.62. The molecule has 0 radical (unpaired) electrons. The molecule has 0 aliphatic heterocycles. The van der Waals surface area contributed by atoms with Crippen LogP contribution in [-0.2, 0) is 0 Å². The first-order valence-electron chi connectivity index (χ1n) is 2.92. The Labute approximate surface area is 72.5 Å². The van der Waals surface area contributed by atoms with Crippen LogP contribution in [-0.4, -0.2) is 12.4 Å². The van der Waals surface area contributed by atoms with Gasteiger partial charge < -0.3 is 0 Å². The maximum Gasteiger partial charge on any atom is 0.442 e. The summed E-state index contributed by atoms with van der Waals surface area (Å²) >= 11 is 0. The van der Waals surface area contributed by atoms with Crippen molar-refractivity contribution in [2.24, 2.45) is 0 Å². The predicted molar refractivity (Wildman–Crippen MR) is 30.5 cm³/mol. The summed E-state index contributed by atoms with van der Waals surface area (Å²) in [6, 6.07) is 0. The highest BCUT2D eigenvalue weighted by molar-refractivity contribution is 5.15. The second kappa shape index (κ2) is 3.97. The van der Waals surface area contributed by atoms with Gasteiger partial charge in [0.25, 0.3) is 0 Å². The highest BCUT2D eigenvalue weighted by Gasteiger charge is 2.36. The standard InChI is InChI=1S/C6H2F8/c7-3(5(9,10)11)1-2-4(8)6(12,13)14/h1-2H. The van der Waals surface area contributed by atoms with E-state index in [1.807, 2.05) is 0 Å². The van der Waals surface area contributed by atoms with E-state index in [2.05, 4.69) is 0 Å². The molecule has 0 atom stereocenters. The summed E-state index contributed by atoms with van der Waals surface area (Å²) in [6.07, 6.45) is -12.1. The van der Waals surface area contributed by atoms with Gasteiger partial charge in [-0.15, -0.1) is 0 Å². The zero-order chi connectivity index (χ0) is 11.6. The zero-order valence-corrected chi connectivity index (χ0v) is 6.18. The smallest absolute Gasteiger partial charge is 0.202 e. The van der Waals surface area contributed by atoms with Crippen molar-refractivity contribution < 1.29 is 35.1 Å². The van der Waals surface area contributed by atoms with Gasteiger partial charge in [0.2, 0.25) is 11.7 Å². The average Bonchev–Trinajstić information content (AvgIpc) is 1.95. The number of allylic oxidation sites excluding steroid dienone is 4. The van der Waals surface area contributed by atoms with Crippen molar-refractivity contribution in [2.45, 2.75) is 12.4 Å². The molecule has 0 aliphatic rings. The Bertz CT molecular complexity index is 224. The lowest BCUT2D eigenvalue weighted by Gasteiger charge is -2.02. The highest BCUT2D eigenvalue weighted by Crippen LogP contribution is 2.29. The number of rotatable bonds is 1. The first-order chi connectivity index (χ1) is 6.05. The zero-order valence-electron chi connectivity index (χ0n) is 6.18. The molecule has 0 aromatic heterocycles. The van der Waals surface area contributed by atoms with E-state index < -0.39 is 36.2 Å². The molecule has 82 valence electrons. The largest absolute Gasteiger partial charge is 0.442 e. The third-order valence-corrected chi connectivity index (χ3v) is 0.918. The van der Waals surface area contributed by atoms with E-state index >= 15 is 0 Å². The van der Waals surface area contributed by atoms with E-state index in [9.17, 15) is 35.1 Å². The minimum absolute atomic E-state index is 0.636. The van der Waals surface area contributed by atoms with Gasteiger partial charge in [-0.1, -0.05) is 0 Å². The molecule has 14 heavy (non-hydrogen) atoms. The minimum atomic E-state index is -5.41. The molecular weight excluding hydrogens is 224 g/mol. The Morgan fingerprint density at radius 2 is 0.857 bits per heavy atom. The number of hydrogen-bond donors (Lipinski definition) is 0. The topological polar surface area (TPSA) is 0 Å². The predicted octanol–water partition coefficient (Wildman–Crippen LogP) is 3.82. The molecule has 0 N–H and O–H groups in total. The lowest BCUT2D eigenvalue weighted by molar-refractivity contribution is -0.111. The van der Waals surface area contributed by atoms with Crippen molar-refractivity contribution in [3.63, 3.8) is 0 Å². The Morgan fingerprint density at radius 1 is 0.643 bits per heavy atom. The van der Waals surface area contributed by atoms with Crippen LogP contribution in [0.15, 0.2) is 23.8 Å². The van der Waals surface area contributed by atoms with Crippen molar-refractivity contribution in [1.29, 1.82) is 0 Å². The Kier molecular flexibility index (Phi) is 3.66. The maximum atomic E-state index is 11.8. The number of alkyl halides is 6. The number of hydrogen-bond acceptors (Lipinski definition) is 0. The molecule has 0 aromatic rings. The highest BCUT2D eigenvalue weighted by atomic mass is 19.4. The SMILES string of the molecule is FC(=CC=C(F)C(F)(F)F)C(F)(F)F. The van der Waals surface area contributed by atoms with Crippen LogP contribution in [0.5, 0.6) is 0 Å². The first kappa shape index (κ1) is 12.9. The summed E-state index contributed by atoms with van der Waals surface area (Å²) in [7, 11) is 0. The number of halogens is 8. The maximum absolute atomic E-state index is 11.8. The summed E-state index contributed by atoms with van der Waals surface area (Å²) in [5, 5.41) is 0. The van der Waals surface area contributed by atoms with E-state index in [0.29, 0.717) is 0 Å². The molecule has 0 saturated heterocycles. The van der Waals surface area contributed by atoms with Crippen LogP contribution < -0.4 is 0 Å². The van der Waals surface area contributed by atoms with Gasteiger partial charge in [-0.2, -0.15) is 26.3 Å². The molecule has 0 spiro atoms. The molecule has 0 bridgehead atoms. The Hall–Kier alpha value is -1.08. The van der Waals surface area contributed by atoms with E-state index in [0.717, 1.165) is 0 Å². The lowest BCUT2D eigenvalue weighted by Crippen LogP contribution is -2.09. The minimum Gasteiger partial charge on any atom is -0.202 e. The summed E-state index contributed by atoms with van der Waals surface area (Å²) in [4.78, 5) is 0. The van der Waals surface area contributed by atoms with Crippen LogP contribution in [0.1, 0.15) is 0 Å². The van der Waals surface area contributed by atoms with Gasteiger partial charge >= 0.3 is 12.4 Å². The van der Waals surface area contributed by atoms with E-state index in [4.69, 9.17) is 0 Å². The fraction of sp³-hybridized carbons (Fsp3) is 0.333. The lowest BCUT2D eigenvalue weighted by atomic mass is 10.4. The van der Waals surface area contributed by atoms with Gasteiger partial charge in [0, 0.05) is 0 Å². The van der Waals surface area contributed by atoms with Crippen molar-refractivity contribution in [2.75, 3.05) is 0 Å². The van der Waals surface area contributed by atoms with Gasteiger partial charge in [0.05, 0.1) is 0 Å². The van der Waals surface area contributed by atoms with Gasteiger partial charge in [0.15, 0.2) is 0 Å². The van der Waals surface area contributed by atoms with Gasteiger partial charge in [-0.05, 0) is 12.2 Å². The fourth-order valence-electron chi connectivity index (χ4n) is 0.335. The molecule has 0 nitrogen and oxygen atoms in total. The van der Waals surface area contributed by atoms with E-state index in [1.165, 1.54) is 0 Å². The normalized spacial score (nSPS) is 16.0. The molecule has 0 saturated carbocycles. The monoisotopic (exact) mass is 226 g/mol. The quantitative estimate of drug-likeness (QED) is 0.471. The van der Waals surface area contributed by atoms with Crippen LogP contribution in [0.3, 0.4) is 0 Å². The molecule has 8 heteroatoms. The first-order valence-corrected chi connectivity index (χ1v) is 2.92. The second-order valence-electron chi connectivity index (χ2n) is 2.02. The molecule has 0 heterocycles. The van der Waals surface area contributed by atoms with Gasteiger partial charge in [0.1, 0.15) is 0 Å². The van der Waals surface area contributed by atoms with Crippen LogP contribution in [0.25, 0.3) is 0 Å².